The first-order valence-corrected chi connectivity index (χ1v) is 12.1. The maximum Gasteiger partial charge on any atom is 0.152 e. The Bertz CT molecular complexity index is 966. The van der Waals surface area contributed by atoms with E-state index in [9.17, 15) is 8.42 Å². The van der Waals surface area contributed by atoms with Gasteiger partial charge in [-0.3, -0.25) is 4.68 Å². The fraction of sp³-hybridized carbons (Fsp3) is 0.591. The zero-order valence-electron chi connectivity index (χ0n) is 18.2. The van der Waals surface area contributed by atoms with Crippen LogP contribution in [0, 0.1) is 27.7 Å². The van der Waals surface area contributed by atoms with Gasteiger partial charge in [0.25, 0.3) is 0 Å². The molecule has 0 spiro atoms. The van der Waals surface area contributed by atoms with Crippen molar-refractivity contribution in [2.45, 2.75) is 53.1 Å². The van der Waals surface area contributed by atoms with E-state index >= 15 is 0 Å². The minimum atomic E-state index is -2.92. The lowest BCUT2D eigenvalue weighted by molar-refractivity contribution is 0.257. The molecule has 29 heavy (non-hydrogen) atoms. The summed E-state index contributed by atoms with van der Waals surface area (Å²) >= 11 is 0. The van der Waals surface area contributed by atoms with Crippen LogP contribution >= 0.6 is 0 Å². The van der Waals surface area contributed by atoms with Crippen LogP contribution in [0.25, 0.3) is 0 Å². The summed E-state index contributed by atoms with van der Waals surface area (Å²) in [6, 6.07) is 6.25. The molecule has 0 radical (unpaired) electrons. The van der Waals surface area contributed by atoms with Gasteiger partial charge in [0.1, 0.15) is 5.75 Å². The van der Waals surface area contributed by atoms with Gasteiger partial charge in [-0.05, 0) is 64.8 Å². The Morgan fingerprint density at radius 1 is 1.24 bits per heavy atom. The third-order valence-electron chi connectivity index (χ3n) is 5.74. The predicted octanol–water partition coefficient (Wildman–Crippen LogP) is 3.38. The quantitative estimate of drug-likeness (QED) is 0.614. The van der Waals surface area contributed by atoms with Crippen LogP contribution in [0.15, 0.2) is 18.2 Å². The van der Waals surface area contributed by atoms with Gasteiger partial charge in [-0.25, -0.2) is 8.42 Å². The maximum absolute atomic E-state index is 11.8. The van der Waals surface area contributed by atoms with Crippen LogP contribution in [-0.2, 0) is 16.4 Å². The lowest BCUT2D eigenvalue weighted by atomic mass is 10.1. The lowest BCUT2D eigenvalue weighted by Gasteiger charge is -2.18. The van der Waals surface area contributed by atoms with Crippen LogP contribution in [0.5, 0.6) is 5.75 Å². The van der Waals surface area contributed by atoms with Crippen LogP contribution in [0.4, 0.5) is 0 Å². The Labute approximate surface area is 174 Å². The second-order valence-electron chi connectivity index (χ2n) is 8.36. The molecule has 0 N–H and O–H groups in total. The Hall–Kier alpha value is -1.86. The van der Waals surface area contributed by atoms with E-state index < -0.39 is 9.84 Å². The largest absolute Gasteiger partial charge is 0.493 e. The van der Waals surface area contributed by atoms with Gasteiger partial charge < -0.3 is 9.64 Å². The molecule has 1 fully saturated rings. The minimum absolute atomic E-state index is 0.0243. The van der Waals surface area contributed by atoms with E-state index in [2.05, 4.69) is 56.0 Å². The molecule has 6 nitrogen and oxygen atoms in total. The first-order valence-electron chi connectivity index (χ1n) is 10.3. The first kappa shape index (κ1) is 21.8. The van der Waals surface area contributed by atoms with Crippen molar-refractivity contribution in [2.75, 3.05) is 31.7 Å². The number of nitrogens with zero attached hydrogens (tertiary/aromatic N) is 3. The number of ether oxygens (including phenoxy) is 1. The molecular formula is C22H33N3O3S. The van der Waals surface area contributed by atoms with Crippen molar-refractivity contribution in [1.29, 1.82) is 0 Å². The minimum Gasteiger partial charge on any atom is -0.493 e. The number of sulfone groups is 1. The van der Waals surface area contributed by atoms with Gasteiger partial charge in [-0.2, -0.15) is 5.10 Å². The number of aryl methyl sites for hydroxylation is 3. The third kappa shape index (κ3) is 5.39. The van der Waals surface area contributed by atoms with E-state index in [-0.39, 0.29) is 17.5 Å². The van der Waals surface area contributed by atoms with Gasteiger partial charge in [0.05, 0.1) is 29.8 Å². The van der Waals surface area contributed by atoms with Gasteiger partial charge in [0, 0.05) is 24.3 Å². The molecule has 3 rings (SSSR count). The molecule has 1 atom stereocenters. The summed E-state index contributed by atoms with van der Waals surface area (Å²) in [5.74, 6) is 1.44. The summed E-state index contributed by atoms with van der Waals surface area (Å²) in [6.45, 7) is 10.6. The van der Waals surface area contributed by atoms with E-state index in [1.54, 1.807) is 0 Å². The average molecular weight is 420 g/mol. The van der Waals surface area contributed by atoms with Crippen molar-refractivity contribution in [1.82, 2.24) is 14.7 Å². The van der Waals surface area contributed by atoms with E-state index in [1.165, 1.54) is 11.1 Å². The van der Waals surface area contributed by atoms with Gasteiger partial charge in [-0.15, -0.1) is 0 Å². The molecular weight excluding hydrogens is 386 g/mol. The van der Waals surface area contributed by atoms with E-state index in [0.29, 0.717) is 13.0 Å². The summed E-state index contributed by atoms with van der Waals surface area (Å²) in [5, 5.41) is 4.67. The molecule has 0 bridgehead atoms. The zero-order valence-corrected chi connectivity index (χ0v) is 19.1. The Balaban J connectivity index is 1.53. The Kier molecular flexibility index (Phi) is 6.69. The summed E-state index contributed by atoms with van der Waals surface area (Å²) in [4.78, 5) is 2.28. The average Bonchev–Trinajstić information content (AvgIpc) is 3.15. The van der Waals surface area contributed by atoms with Gasteiger partial charge >= 0.3 is 0 Å². The fourth-order valence-electron chi connectivity index (χ4n) is 3.98. The molecule has 1 aliphatic heterocycles. The molecule has 0 unspecified atom stereocenters. The van der Waals surface area contributed by atoms with Crippen molar-refractivity contribution < 1.29 is 13.2 Å². The Morgan fingerprint density at radius 3 is 2.69 bits per heavy atom. The van der Waals surface area contributed by atoms with Crippen LogP contribution < -0.4 is 4.74 Å². The summed E-state index contributed by atoms with van der Waals surface area (Å²) in [5.41, 5.74) is 5.65. The highest BCUT2D eigenvalue weighted by Crippen LogP contribution is 2.27. The topological polar surface area (TPSA) is 64.4 Å². The van der Waals surface area contributed by atoms with Crippen LogP contribution in [-0.4, -0.2) is 54.8 Å². The molecule has 2 aromatic rings. The van der Waals surface area contributed by atoms with Crippen LogP contribution in [0.2, 0.25) is 0 Å². The highest BCUT2D eigenvalue weighted by molar-refractivity contribution is 7.91. The zero-order chi connectivity index (χ0) is 21.2. The van der Waals surface area contributed by atoms with Crippen molar-refractivity contribution in [3.8, 4) is 5.75 Å². The molecule has 1 saturated heterocycles. The predicted molar refractivity (Wildman–Crippen MR) is 116 cm³/mol. The number of hydrogen-bond acceptors (Lipinski definition) is 5. The number of hydrogen-bond donors (Lipinski definition) is 0. The second-order valence-corrected chi connectivity index (χ2v) is 10.6. The fourth-order valence-corrected chi connectivity index (χ4v) is 5.67. The molecule has 160 valence electrons. The normalized spacial score (nSPS) is 18.5. The second kappa shape index (κ2) is 8.88. The van der Waals surface area contributed by atoms with Crippen molar-refractivity contribution in [3.05, 3.63) is 46.3 Å². The van der Waals surface area contributed by atoms with Crippen molar-refractivity contribution >= 4 is 9.84 Å². The molecule has 1 aliphatic rings. The first-order chi connectivity index (χ1) is 13.7. The molecule has 0 aliphatic carbocycles. The summed E-state index contributed by atoms with van der Waals surface area (Å²) in [7, 11) is -0.811. The van der Waals surface area contributed by atoms with Crippen molar-refractivity contribution in [2.24, 2.45) is 0 Å². The monoisotopic (exact) mass is 419 g/mol. The van der Waals surface area contributed by atoms with E-state index in [0.717, 1.165) is 42.2 Å². The molecule has 0 amide bonds. The number of benzene rings is 1. The van der Waals surface area contributed by atoms with Gasteiger partial charge in [-0.1, -0.05) is 12.1 Å². The molecule has 7 heteroatoms. The third-order valence-corrected chi connectivity index (χ3v) is 7.49. The summed E-state index contributed by atoms with van der Waals surface area (Å²) in [6.07, 6.45) is 1.60. The van der Waals surface area contributed by atoms with Crippen LogP contribution in [0.1, 0.15) is 47.0 Å². The highest BCUT2D eigenvalue weighted by Gasteiger charge is 2.31. The van der Waals surface area contributed by atoms with Gasteiger partial charge in [0.2, 0.25) is 0 Å². The van der Waals surface area contributed by atoms with Crippen molar-refractivity contribution in [3.63, 3.8) is 0 Å². The standard InChI is InChI=1S/C22H33N3O3S/c1-16-7-8-17(2)22(13-16)28-11-6-10-24(5)14-21-18(3)23-25(19(21)4)20-9-12-29(26,27)15-20/h7-8,13,20H,6,9-12,14-15H2,1-5H3/t20-/m0/s1. The number of rotatable bonds is 8. The summed E-state index contributed by atoms with van der Waals surface area (Å²) < 4.78 is 31.5. The molecule has 1 aromatic heterocycles. The molecule has 1 aromatic carbocycles. The SMILES string of the molecule is Cc1ccc(C)c(OCCCN(C)Cc2c(C)nn([C@H]3CCS(=O)(=O)C3)c2C)c1. The molecule has 2 heterocycles. The smallest absolute Gasteiger partial charge is 0.152 e. The van der Waals surface area contributed by atoms with E-state index in [4.69, 9.17) is 4.74 Å². The number of aromatic nitrogens is 2. The van der Waals surface area contributed by atoms with Gasteiger partial charge in [0.15, 0.2) is 9.84 Å². The van der Waals surface area contributed by atoms with Crippen LogP contribution in [0.3, 0.4) is 0 Å². The maximum atomic E-state index is 11.8. The lowest BCUT2D eigenvalue weighted by Crippen LogP contribution is -2.22. The Morgan fingerprint density at radius 2 is 2.00 bits per heavy atom. The van der Waals surface area contributed by atoms with E-state index in [1.807, 2.05) is 11.6 Å². The molecule has 0 saturated carbocycles. The highest BCUT2D eigenvalue weighted by atomic mass is 32.2.